The van der Waals surface area contributed by atoms with Gasteiger partial charge >= 0.3 is 0 Å². The lowest BCUT2D eigenvalue weighted by Gasteiger charge is -2.40. The summed E-state index contributed by atoms with van der Waals surface area (Å²) in [6, 6.07) is 2.20. The van der Waals surface area contributed by atoms with Gasteiger partial charge in [-0.05, 0) is 78.2 Å². The van der Waals surface area contributed by atoms with Crippen LogP contribution in [0.25, 0.3) is 0 Å². The first-order valence-corrected chi connectivity index (χ1v) is 12.7. The van der Waals surface area contributed by atoms with E-state index in [-0.39, 0.29) is 11.8 Å². The van der Waals surface area contributed by atoms with Gasteiger partial charge in [0.2, 0.25) is 11.8 Å². The predicted octanol–water partition coefficient (Wildman–Crippen LogP) is 2.16. The Morgan fingerprint density at radius 2 is 1.91 bits per heavy atom. The third-order valence-corrected chi connectivity index (χ3v) is 7.35. The SMILES string of the molecule is CCC(C(=O)NCCCN1CCC(N2CCCCC2)CC1)N1C(=O)CCn2nc(C)cc21. The zero-order valence-corrected chi connectivity index (χ0v) is 19.9. The molecule has 0 aliphatic carbocycles. The average molecular weight is 445 g/mol. The first-order valence-electron chi connectivity index (χ1n) is 12.7. The molecule has 4 rings (SSSR count). The second-order valence-corrected chi connectivity index (χ2v) is 9.62. The number of amides is 2. The second-order valence-electron chi connectivity index (χ2n) is 9.62. The van der Waals surface area contributed by atoms with Gasteiger partial charge in [-0.15, -0.1) is 0 Å². The van der Waals surface area contributed by atoms with Crippen LogP contribution in [0.4, 0.5) is 5.82 Å². The number of aromatic nitrogens is 2. The lowest BCUT2D eigenvalue weighted by atomic mass is 10.00. The summed E-state index contributed by atoms with van der Waals surface area (Å²) in [6.07, 6.45) is 8.60. The molecule has 2 saturated heterocycles. The van der Waals surface area contributed by atoms with Gasteiger partial charge in [0.1, 0.15) is 11.9 Å². The lowest BCUT2D eigenvalue weighted by Crippen LogP contribution is -2.52. The van der Waals surface area contributed by atoms with Crippen molar-refractivity contribution in [2.45, 2.75) is 83.8 Å². The second kappa shape index (κ2) is 10.8. The number of nitrogens with zero attached hydrogens (tertiary/aromatic N) is 5. The molecule has 0 saturated carbocycles. The number of hydrogen-bond donors (Lipinski definition) is 1. The maximum atomic E-state index is 13.0. The number of piperidine rings is 2. The topological polar surface area (TPSA) is 73.7 Å². The van der Waals surface area contributed by atoms with Gasteiger partial charge in [0.25, 0.3) is 0 Å². The molecule has 1 N–H and O–H groups in total. The van der Waals surface area contributed by atoms with Gasteiger partial charge in [0.05, 0.1) is 12.2 Å². The van der Waals surface area contributed by atoms with Gasteiger partial charge < -0.3 is 15.1 Å². The van der Waals surface area contributed by atoms with Gasteiger partial charge in [0.15, 0.2) is 0 Å². The Morgan fingerprint density at radius 1 is 1.16 bits per heavy atom. The van der Waals surface area contributed by atoms with E-state index < -0.39 is 6.04 Å². The van der Waals surface area contributed by atoms with Crippen LogP contribution in [0.1, 0.15) is 64.0 Å². The molecule has 32 heavy (non-hydrogen) atoms. The van der Waals surface area contributed by atoms with Gasteiger partial charge in [-0.25, -0.2) is 4.68 Å². The molecule has 0 spiro atoms. The van der Waals surface area contributed by atoms with Crippen LogP contribution in [0.3, 0.4) is 0 Å². The van der Waals surface area contributed by atoms with E-state index in [0.29, 0.717) is 25.9 Å². The summed E-state index contributed by atoms with van der Waals surface area (Å²) in [6.45, 7) is 11.1. The van der Waals surface area contributed by atoms with Crippen molar-refractivity contribution < 1.29 is 9.59 Å². The van der Waals surface area contributed by atoms with Crippen molar-refractivity contribution in [3.05, 3.63) is 11.8 Å². The van der Waals surface area contributed by atoms with E-state index >= 15 is 0 Å². The third-order valence-electron chi connectivity index (χ3n) is 7.35. The summed E-state index contributed by atoms with van der Waals surface area (Å²) in [7, 11) is 0. The summed E-state index contributed by atoms with van der Waals surface area (Å²) in [5, 5.41) is 7.55. The van der Waals surface area contributed by atoms with Crippen molar-refractivity contribution in [1.29, 1.82) is 0 Å². The van der Waals surface area contributed by atoms with Crippen LogP contribution in [0, 0.1) is 6.92 Å². The Hall–Kier alpha value is -1.93. The molecule has 1 atom stereocenters. The Labute approximate surface area is 192 Å². The van der Waals surface area contributed by atoms with Crippen LogP contribution in [-0.4, -0.2) is 82.7 Å². The summed E-state index contributed by atoms with van der Waals surface area (Å²) in [5.41, 5.74) is 0.874. The van der Waals surface area contributed by atoms with Crippen molar-refractivity contribution in [2.24, 2.45) is 0 Å². The minimum atomic E-state index is -0.474. The molecule has 3 aliphatic heterocycles. The summed E-state index contributed by atoms with van der Waals surface area (Å²) >= 11 is 0. The molecule has 2 fully saturated rings. The number of carbonyl (C=O) groups is 2. The summed E-state index contributed by atoms with van der Waals surface area (Å²) in [5.74, 6) is 0.699. The fourth-order valence-electron chi connectivity index (χ4n) is 5.58. The van der Waals surface area contributed by atoms with Crippen molar-refractivity contribution in [1.82, 2.24) is 24.9 Å². The van der Waals surface area contributed by atoms with Crippen LogP contribution in [0.15, 0.2) is 6.07 Å². The number of anilines is 1. The van der Waals surface area contributed by atoms with E-state index in [0.717, 1.165) is 43.6 Å². The highest BCUT2D eigenvalue weighted by Crippen LogP contribution is 2.26. The Bertz CT molecular complexity index is 779. The van der Waals surface area contributed by atoms with E-state index in [9.17, 15) is 9.59 Å². The van der Waals surface area contributed by atoms with E-state index in [1.807, 2.05) is 24.6 Å². The minimum absolute atomic E-state index is 0.0102. The quantitative estimate of drug-likeness (QED) is 0.622. The lowest BCUT2D eigenvalue weighted by molar-refractivity contribution is -0.127. The van der Waals surface area contributed by atoms with E-state index in [1.54, 1.807) is 4.90 Å². The Morgan fingerprint density at radius 3 is 2.62 bits per heavy atom. The number of likely N-dealkylation sites (tertiary alicyclic amines) is 2. The fourth-order valence-corrected chi connectivity index (χ4v) is 5.58. The highest BCUT2D eigenvalue weighted by atomic mass is 16.2. The number of aryl methyl sites for hydroxylation is 2. The fraction of sp³-hybridized carbons (Fsp3) is 0.792. The van der Waals surface area contributed by atoms with Crippen molar-refractivity contribution in [3.8, 4) is 0 Å². The highest BCUT2D eigenvalue weighted by molar-refractivity contribution is 6.00. The van der Waals surface area contributed by atoms with Crippen molar-refractivity contribution >= 4 is 17.6 Å². The van der Waals surface area contributed by atoms with Crippen LogP contribution in [-0.2, 0) is 16.1 Å². The molecule has 1 aromatic rings. The first kappa shape index (κ1) is 23.2. The number of rotatable bonds is 8. The Balaban J connectivity index is 1.20. The largest absolute Gasteiger partial charge is 0.354 e. The maximum Gasteiger partial charge on any atom is 0.243 e. The van der Waals surface area contributed by atoms with E-state index in [2.05, 4.69) is 20.2 Å². The molecular weight excluding hydrogens is 404 g/mol. The average Bonchev–Trinajstić information content (AvgIpc) is 3.20. The smallest absolute Gasteiger partial charge is 0.243 e. The third kappa shape index (κ3) is 5.34. The predicted molar refractivity (Wildman–Crippen MR) is 126 cm³/mol. The summed E-state index contributed by atoms with van der Waals surface area (Å²) < 4.78 is 1.85. The molecule has 1 unspecified atom stereocenters. The number of carbonyl (C=O) groups excluding carboxylic acids is 2. The van der Waals surface area contributed by atoms with Gasteiger partial charge in [-0.1, -0.05) is 13.3 Å². The molecule has 0 bridgehead atoms. The van der Waals surface area contributed by atoms with Crippen LogP contribution in [0.5, 0.6) is 0 Å². The number of fused-ring (bicyclic) bond motifs is 1. The monoisotopic (exact) mass is 444 g/mol. The van der Waals surface area contributed by atoms with Crippen LogP contribution >= 0.6 is 0 Å². The van der Waals surface area contributed by atoms with E-state index in [4.69, 9.17) is 0 Å². The highest BCUT2D eigenvalue weighted by Gasteiger charge is 2.34. The molecule has 4 heterocycles. The first-order chi connectivity index (χ1) is 15.6. The van der Waals surface area contributed by atoms with Crippen molar-refractivity contribution in [3.63, 3.8) is 0 Å². The normalized spacial score (nSPS) is 22.1. The Kier molecular flexibility index (Phi) is 7.84. The molecule has 3 aliphatic rings. The van der Waals surface area contributed by atoms with Gasteiger partial charge in [-0.2, -0.15) is 5.10 Å². The molecular formula is C24H40N6O2. The van der Waals surface area contributed by atoms with E-state index in [1.165, 1.54) is 45.2 Å². The van der Waals surface area contributed by atoms with Gasteiger partial charge in [-0.3, -0.25) is 14.5 Å². The summed E-state index contributed by atoms with van der Waals surface area (Å²) in [4.78, 5) is 32.5. The maximum absolute atomic E-state index is 13.0. The van der Waals surface area contributed by atoms with Crippen LogP contribution < -0.4 is 10.2 Å². The zero-order valence-electron chi connectivity index (χ0n) is 19.9. The molecule has 178 valence electrons. The molecule has 8 nitrogen and oxygen atoms in total. The molecule has 8 heteroatoms. The molecule has 0 radical (unpaired) electrons. The molecule has 1 aromatic heterocycles. The standard InChI is InChI=1S/C24H40N6O2/c1-3-21(30-22-18-19(2)26-29(22)17-10-23(30)31)24(32)25-11-7-12-27-15-8-20(9-16-27)28-13-5-4-6-14-28/h18,20-21H,3-17H2,1-2H3,(H,25,32). The van der Waals surface area contributed by atoms with Gasteiger partial charge in [0, 0.05) is 25.1 Å². The minimum Gasteiger partial charge on any atom is -0.354 e. The zero-order chi connectivity index (χ0) is 22.5. The van der Waals surface area contributed by atoms with Crippen LogP contribution in [0.2, 0.25) is 0 Å². The van der Waals surface area contributed by atoms with Crippen molar-refractivity contribution in [2.75, 3.05) is 44.2 Å². The number of nitrogens with one attached hydrogen (secondary N) is 1. The number of hydrogen-bond acceptors (Lipinski definition) is 5. The molecule has 0 aromatic carbocycles. The molecule has 2 amide bonds.